The molecule has 5 rings (SSSR count). The molecule has 1 saturated carbocycles. The van der Waals surface area contributed by atoms with E-state index in [1.807, 2.05) is 34.1 Å². The topological polar surface area (TPSA) is 49.9 Å². The van der Waals surface area contributed by atoms with Gasteiger partial charge >= 0.3 is 0 Å². The Bertz CT molecular complexity index is 1060. The quantitative estimate of drug-likeness (QED) is 0.356. The highest BCUT2D eigenvalue weighted by molar-refractivity contribution is 5.96. The second-order valence-corrected chi connectivity index (χ2v) is 11.0. The van der Waals surface area contributed by atoms with E-state index in [0.717, 1.165) is 62.7 Å². The number of hydrogen-bond acceptors (Lipinski definition) is 3. The third-order valence-electron chi connectivity index (χ3n) is 8.54. The summed E-state index contributed by atoms with van der Waals surface area (Å²) in [4.78, 5) is 31.9. The number of piperazine rings is 1. The van der Waals surface area contributed by atoms with Crippen LogP contribution in [0.15, 0.2) is 48.5 Å². The molecular weight excluding hydrogens is 460 g/mol. The van der Waals surface area contributed by atoms with Crippen LogP contribution >= 0.6 is 0 Å². The summed E-state index contributed by atoms with van der Waals surface area (Å²) in [6, 6.07) is 15.9. The Morgan fingerprint density at radius 3 is 2.43 bits per heavy atom. The fourth-order valence-electron chi connectivity index (χ4n) is 6.57. The summed E-state index contributed by atoms with van der Waals surface area (Å²) >= 11 is 0. The van der Waals surface area contributed by atoms with Crippen molar-refractivity contribution in [1.82, 2.24) is 9.80 Å². The van der Waals surface area contributed by atoms with E-state index in [-0.39, 0.29) is 30.4 Å². The smallest absolute Gasteiger partial charge is 0.250 e. The van der Waals surface area contributed by atoms with Crippen molar-refractivity contribution < 1.29 is 14.3 Å². The number of unbranched alkanes of at least 4 members (excludes halogenated alkanes) is 3. The molecule has 5 heteroatoms. The van der Waals surface area contributed by atoms with E-state index in [4.69, 9.17) is 4.74 Å². The lowest BCUT2D eigenvalue weighted by atomic mass is 9.84. The van der Waals surface area contributed by atoms with Crippen LogP contribution in [0, 0.1) is 0 Å². The van der Waals surface area contributed by atoms with Crippen LogP contribution in [0.3, 0.4) is 0 Å². The van der Waals surface area contributed by atoms with Crippen LogP contribution < -0.4 is 4.74 Å². The molecule has 2 aliphatic carbocycles. The molecule has 1 heterocycles. The van der Waals surface area contributed by atoms with Gasteiger partial charge < -0.3 is 14.5 Å². The van der Waals surface area contributed by atoms with Crippen LogP contribution in [0.25, 0.3) is 0 Å². The van der Waals surface area contributed by atoms with Crippen molar-refractivity contribution in [3.05, 3.63) is 65.2 Å². The lowest BCUT2D eigenvalue weighted by Gasteiger charge is -2.48. The van der Waals surface area contributed by atoms with Crippen molar-refractivity contribution in [2.75, 3.05) is 13.2 Å². The first kappa shape index (κ1) is 25.8. The van der Waals surface area contributed by atoms with Gasteiger partial charge in [0, 0.05) is 6.04 Å². The average molecular weight is 503 g/mol. The molecule has 0 N–H and O–H groups in total. The van der Waals surface area contributed by atoms with E-state index in [1.165, 1.54) is 36.8 Å². The lowest BCUT2D eigenvalue weighted by molar-refractivity contribution is -0.162. The molecule has 1 saturated heterocycles. The number of hydrogen-bond donors (Lipinski definition) is 0. The highest BCUT2D eigenvalue weighted by Gasteiger charge is 2.46. The van der Waals surface area contributed by atoms with Crippen molar-refractivity contribution in [1.29, 1.82) is 0 Å². The number of fused-ring (bicyclic) bond motifs is 1. The molecule has 3 aliphatic rings. The zero-order valence-corrected chi connectivity index (χ0v) is 22.4. The first-order valence-electron chi connectivity index (χ1n) is 14.6. The van der Waals surface area contributed by atoms with Crippen LogP contribution in [-0.4, -0.2) is 40.8 Å². The highest BCUT2D eigenvalue weighted by Crippen LogP contribution is 2.42. The summed E-state index contributed by atoms with van der Waals surface area (Å²) in [5, 5.41) is 0. The zero-order valence-electron chi connectivity index (χ0n) is 22.4. The first-order chi connectivity index (χ1) is 18.2. The van der Waals surface area contributed by atoms with Gasteiger partial charge in [0.1, 0.15) is 18.3 Å². The normalized spacial score (nSPS) is 22.7. The lowest BCUT2D eigenvalue weighted by Crippen LogP contribution is -2.59. The van der Waals surface area contributed by atoms with Gasteiger partial charge in [-0.2, -0.15) is 0 Å². The average Bonchev–Trinajstić information content (AvgIpc) is 2.94. The molecule has 1 aliphatic heterocycles. The van der Waals surface area contributed by atoms with E-state index in [1.54, 1.807) is 0 Å². The fraction of sp³-hybridized carbons (Fsp3) is 0.562. The molecule has 37 heavy (non-hydrogen) atoms. The molecular formula is C32H42N2O3. The first-order valence-corrected chi connectivity index (χ1v) is 14.6. The van der Waals surface area contributed by atoms with Gasteiger partial charge in [0.05, 0.1) is 12.6 Å². The third-order valence-corrected chi connectivity index (χ3v) is 8.54. The Hall–Kier alpha value is -2.82. The highest BCUT2D eigenvalue weighted by atomic mass is 16.5. The van der Waals surface area contributed by atoms with Crippen LogP contribution in [0.5, 0.6) is 5.75 Å². The number of carbonyl (C=O) groups excluding carboxylic acids is 2. The number of aryl methyl sites for hydroxylation is 1. The number of amides is 2. The number of carbonyl (C=O) groups is 2. The molecule has 2 aromatic carbocycles. The zero-order chi connectivity index (χ0) is 25.6. The van der Waals surface area contributed by atoms with Gasteiger partial charge in [-0.15, -0.1) is 0 Å². The van der Waals surface area contributed by atoms with Gasteiger partial charge in [-0.3, -0.25) is 9.59 Å². The number of benzene rings is 2. The van der Waals surface area contributed by atoms with E-state index < -0.39 is 6.04 Å². The summed E-state index contributed by atoms with van der Waals surface area (Å²) in [5.74, 6) is 0.990. The van der Waals surface area contributed by atoms with Crippen LogP contribution in [0.2, 0.25) is 0 Å². The van der Waals surface area contributed by atoms with E-state index in [2.05, 4.69) is 31.2 Å². The standard InChI is InChI=1S/C32H42N2O3/c1-2-3-4-10-22-37-27-20-18-25(19-21-27)31-32(36)33(26-14-6-5-7-15-26)23-30(35)34(31)29-17-11-13-24-12-8-9-16-28(24)29/h8-9,12,16,18-21,26,29,31H,2-7,10-11,13-15,17,22-23H2,1H3/t29-,31-/m1/s1. The Morgan fingerprint density at radius 2 is 1.65 bits per heavy atom. The number of nitrogens with zero attached hydrogens (tertiary/aromatic N) is 2. The van der Waals surface area contributed by atoms with Gasteiger partial charge in [-0.05, 0) is 67.3 Å². The second kappa shape index (κ2) is 12.1. The molecule has 2 aromatic rings. The monoisotopic (exact) mass is 502 g/mol. The minimum absolute atomic E-state index is 0.0607. The van der Waals surface area contributed by atoms with Crippen molar-refractivity contribution in [3.63, 3.8) is 0 Å². The van der Waals surface area contributed by atoms with Crippen molar-refractivity contribution >= 4 is 11.8 Å². The van der Waals surface area contributed by atoms with Crippen molar-refractivity contribution in [2.24, 2.45) is 0 Å². The molecule has 0 radical (unpaired) electrons. The Morgan fingerprint density at radius 1 is 0.865 bits per heavy atom. The van der Waals surface area contributed by atoms with Crippen molar-refractivity contribution in [2.45, 2.75) is 102 Å². The van der Waals surface area contributed by atoms with Crippen LogP contribution in [-0.2, 0) is 16.0 Å². The molecule has 0 unspecified atom stereocenters. The largest absolute Gasteiger partial charge is 0.494 e. The van der Waals surface area contributed by atoms with Gasteiger partial charge in [0.25, 0.3) is 5.91 Å². The van der Waals surface area contributed by atoms with Gasteiger partial charge in [0.2, 0.25) is 5.91 Å². The molecule has 5 nitrogen and oxygen atoms in total. The van der Waals surface area contributed by atoms with E-state index in [9.17, 15) is 9.59 Å². The maximum Gasteiger partial charge on any atom is 0.250 e. The molecule has 198 valence electrons. The van der Waals surface area contributed by atoms with Gasteiger partial charge in [0.15, 0.2) is 0 Å². The molecule has 2 amide bonds. The summed E-state index contributed by atoms with van der Waals surface area (Å²) in [5.41, 5.74) is 3.40. The summed E-state index contributed by atoms with van der Waals surface area (Å²) in [6.07, 6.45) is 13.1. The summed E-state index contributed by atoms with van der Waals surface area (Å²) in [6.45, 7) is 3.12. The minimum Gasteiger partial charge on any atom is -0.494 e. The fourth-order valence-corrected chi connectivity index (χ4v) is 6.57. The van der Waals surface area contributed by atoms with Gasteiger partial charge in [-0.25, -0.2) is 0 Å². The SMILES string of the molecule is CCCCCCOc1ccc([C@@H]2C(=O)N(C3CCCCC3)CC(=O)N2[C@@H]2CCCc3ccccc32)cc1. The Labute approximate surface area is 222 Å². The van der Waals surface area contributed by atoms with E-state index >= 15 is 0 Å². The van der Waals surface area contributed by atoms with Crippen molar-refractivity contribution in [3.8, 4) is 5.75 Å². The third kappa shape index (κ3) is 5.71. The second-order valence-electron chi connectivity index (χ2n) is 11.0. The molecule has 0 aromatic heterocycles. The molecule has 0 spiro atoms. The predicted molar refractivity (Wildman–Crippen MR) is 146 cm³/mol. The molecule has 2 atom stereocenters. The van der Waals surface area contributed by atoms with E-state index in [0.29, 0.717) is 6.61 Å². The maximum absolute atomic E-state index is 14.2. The molecule has 0 bridgehead atoms. The van der Waals surface area contributed by atoms with Gasteiger partial charge in [-0.1, -0.05) is 81.8 Å². The maximum atomic E-state index is 14.2. The minimum atomic E-state index is -0.585. The summed E-state index contributed by atoms with van der Waals surface area (Å²) < 4.78 is 5.97. The number of ether oxygens (including phenoxy) is 1. The van der Waals surface area contributed by atoms with Crippen LogP contribution in [0.1, 0.15) is 106 Å². The predicted octanol–water partition coefficient (Wildman–Crippen LogP) is 6.77. The summed E-state index contributed by atoms with van der Waals surface area (Å²) in [7, 11) is 0. The van der Waals surface area contributed by atoms with Crippen LogP contribution in [0.4, 0.5) is 0 Å². The number of rotatable bonds is 9. The molecule has 2 fully saturated rings. The Balaban J connectivity index is 1.43. The Kier molecular flexibility index (Phi) is 8.48.